The van der Waals surface area contributed by atoms with Gasteiger partial charge in [-0.2, -0.15) is 0 Å². The van der Waals surface area contributed by atoms with E-state index in [1.807, 2.05) is 6.92 Å². The van der Waals surface area contributed by atoms with E-state index < -0.39 is 0 Å². The molecule has 78 valence electrons. The highest BCUT2D eigenvalue weighted by Crippen LogP contribution is 2.22. The lowest BCUT2D eigenvalue weighted by Gasteiger charge is -2.27. The molecule has 0 radical (unpaired) electrons. The van der Waals surface area contributed by atoms with Crippen LogP contribution >= 0.6 is 0 Å². The highest BCUT2D eigenvalue weighted by molar-refractivity contribution is 5.60. The maximum atomic E-state index is 5.89. The zero-order chi connectivity index (χ0) is 10.7. The molecule has 2 nitrogen and oxygen atoms in total. The first-order valence-electron chi connectivity index (χ1n) is 5.19. The number of rotatable bonds is 3. The molecule has 1 rings (SSSR count). The van der Waals surface area contributed by atoms with Gasteiger partial charge in [0.2, 0.25) is 0 Å². The van der Waals surface area contributed by atoms with Crippen molar-refractivity contribution in [3.8, 4) is 0 Å². The van der Waals surface area contributed by atoms with Crippen molar-refractivity contribution in [2.24, 2.45) is 0 Å². The molecule has 0 saturated heterocycles. The number of aryl methyl sites for hydroxylation is 1. The van der Waals surface area contributed by atoms with Crippen molar-refractivity contribution in [1.82, 2.24) is 0 Å². The van der Waals surface area contributed by atoms with Crippen LogP contribution in [0, 0.1) is 6.92 Å². The minimum atomic E-state index is 0.516. The van der Waals surface area contributed by atoms with Crippen LogP contribution in [0.25, 0.3) is 0 Å². The van der Waals surface area contributed by atoms with E-state index in [2.05, 4.69) is 43.9 Å². The van der Waals surface area contributed by atoms with Gasteiger partial charge in [-0.1, -0.05) is 6.07 Å². The maximum Gasteiger partial charge on any atom is 0.0389 e. The summed E-state index contributed by atoms with van der Waals surface area (Å²) in [6.07, 6.45) is 0. The molecular formula is C12H20N2. The van der Waals surface area contributed by atoms with Gasteiger partial charge in [0.15, 0.2) is 0 Å². The summed E-state index contributed by atoms with van der Waals surface area (Å²) in [6.45, 7) is 9.60. The molecule has 0 aliphatic rings. The van der Waals surface area contributed by atoms with Crippen LogP contribution in [0.5, 0.6) is 0 Å². The third kappa shape index (κ3) is 2.19. The molecule has 2 N–H and O–H groups in total. The second-order valence-corrected chi connectivity index (χ2v) is 3.92. The normalized spacial score (nSPS) is 10.6. The number of nitrogens with two attached hydrogens (primary N) is 1. The predicted octanol–water partition coefficient (Wildman–Crippen LogP) is 2.81. The molecule has 0 aliphatic carbocycles. The van der Waals surface area contributed by atoms with E-state index >= 15 is 0 Å². The van der Waals surface area contributed by atoms with Crippen LogP contribution in [0.2, 0.25) is 0 Å². The first-order chi connectivity index (χ1) is 6.56. The smallest absolute Gasteiger partial charge is 0.0389 e. The van der Waals surface area contributed by atoms with Gasteiger partial charge < -0.3 is 10.6 Å². The molecule has 0 atom stereocenters. The van der Waals surface area contributed by atoms with Crippen LogP contribution < -0.4 is 10.6 Å². The fraction of sp³-hybridized carbons (Fsp3) is 0.500. The highest BCUT2D eigenvalue weighted by atomic mass is 15.1. The maximum absolute atomic E-state index is 5.89. The van der Waals surface area contributed by atoms with Crippen LogP contribution in [-0.4, -0.2) is 12.6 Å². The average molecular weight is 192 g/mol. The Labute approximate surface area is 86.7 Å². The quantitative estimate of drug-likeness (QED) is 0.746. The number of nitrogens with zero attached hydrogens (tertiary/aromatic N) is 1. The number of benzene rings is 1. The Kier molecular flexibility index (Phi) is 3.39. The molecule has 14 heavy (non-hydrogen) atoms. The molecule has 0 bridgehead atoms. The van der Waals surface area contributed by atoms with Crippen LogP contribution in [0.1, 0.15) is 26.3 Å². The lowest BCUT2D eigenvalue weighted by Crippen LogP contribution is -2.30. The molecular weight excluding hydrogens is 172 g/mol. The summed E-state index contributed by atoms with van der Waals surface area (Å²) < 4.78 is 0. The van der Waals surface area contributed by atoms with Crippen molar-refractivity contribution in [2.45, 2.75) is 33.7 Å². The SMILES string of the molecule is CCN(c1ccc(C)c(N)c1)C(C)C. The van der Waals surface area contributed by atoms with E-state index in [0.717, 1.165) is 17.8 Å². The van der Waals surface area contributed by atoms with Crippen LogP contribution in [0.15, 0.2) is 18.2 Å². The summed E-state index contributed by atoms with van der Waals surface area (Å²) in [6, 6.07) is 6.78. The van der Waals surface area contributed by atoms with Crippen LogP contribution in [-0.2, 0) is 0 Å². The summed E-state index contributed by atoms with van der Waals surface area (Å²) in [5, 5.41) is 0. The largest absolute Gasteiger partial charge is 0.398 e. The van der Waals surface area contributed by atoms with Crippen molar-refractivity contribution in [3.63, 3.8) is 0 Å². The minimum absolute atomic E-state index is 0.516. The fourth-order valence-corrected chi connectivity index (χ4v) is 1.65. The van der Waals surface area contributed by atoms with Gasteiger partial charge in [0, 0.05) is 24.0 Å². The van der Waals surface area contributed by atoms with Gasteiger partial charge in [-0.3, -0.25) is 0 Å². The minimum Gasteiger partial charge on any atom is -0.398 e. The topological polar surface area (TPSA) is 29.3 Å². The Hall–Kier alpha value is -1.18. The molecule has 0 aromatic heterocycles. The van der Waals surface area contributed by atoms with Crippen molar-refractivity contribution < 1.29 is 0 Å². The second kappa shape index (κ2) is 4.36. The van der Waals surface area contributed by atoms with Gasteiger partial charge in [0.05, 0.1) is 0 Å². The highest BCUT2D eigenvalue weighted by Gasteiger charge is 2.08. The molecule has 0 unspecified atom stereocenters. The molecule has 0 fully saturated rings. The lowest BCUT2D eigenvalue weighted by molar-refractivity contribution is 0.704. The standard InChI is InChI=1S/C12H20N2/c1-5-14(9(2)3)11-7-6-10(4)12(13)8-11/h6-9H,5,13H2,1-4H3. The summed E-state index contributed by atoms with van der Waals surface area (Å²) in [5.74, 6) is 0. The van der Waals surface area contributed by atoms with Crippen molar-refractivity contribution in [1.29, 1.82) is 0 Å². The van der Waals surface area contributed by atoms with E-state index in [0.29, 0.717) is 6.04 Å². The number of nitrogen functional groups attached to an aromatic ring is 1. The Morgan fingerprint density at radius 1 is 1.36 bits per heavy atom. The molecule has 0 spiro atoms. The number of anilines is 2. The summed E-state index contributed by atoms with van der Waals surface area (Å²) in [5.41, 5.74) is 9.12. The van der Waals surface area contributed by atoms with Gasteiger partial charge >= 0.3 is 0 Å². The van der Waals surface area contributed by atoms with E-state index in [1.54, 1.807) is 0 Å². The second-order valence-electron chi connectivity index (χ2n) is 3.92. The molecule has 0 amide bonds. The Morgan fingerprint density at radius 3 is 2.43 bits per heavy atom. The zero-order valence-electron chi connectivity index (χ0n) is 9.54. The molecule has 0 aliphatic heterocycles. The Morgan fingerprint density at radius 2 is 2.00 bits per heavy atom. The molecule has 0 heterocycles. The van der Waals surface area contributed by atoms with E-state index in [4.69, 9.17) is 5.73 Å². The van der Waals surface area contributed by atoms with Gasteiger partial charge in [0.1, 0.15) is 0 Å². The molecule has 2 heteroatoms. The average Bonchev–Trinajstić information content (AvgIpc) is 2.11. The lowest BCUT2D eigenvalue weighted by atomic mass is 10.1. The van der Waals surface area contributed by atoms with Gasteiger partial charge in [-0.05, 0) is 45.4 Å². The van der Waals surface area contributed by atoms with E-state index in [-0.39, 0.29) is 0 Å². The van der Waals surface area contributed by atoms with Crippen LogP contribution in [0.3, 0.4) is 0 Å². The van der Waals surface area contributed by atoms with E-state index in [9.17, 15) is 0 Å². The predicted molar refractivity (Wildman–Crippen MR) is 63.7 cm³/mol. The molecule has 1 aromatic carbocycles. The zero-order valence-corrected chi connectivity index (χ0v) is 9.54. The van der Waals surface area contributed by atoms with Crippen molar-refractivity contribution >= 4 is 11.4 Å². The Bertz CT molecular complexity index is 305. The third-order valence-corrected chi connectivity index (χ3v) is 2.56. The van der Waals surface area contributed by atoms with Gasteiger partial charge in [-0.15, -0.1) is 0 Å². The summed E-state index contributed by atoms with van der Waals surface area (Å²) in [7, 11) is 0. The van der Waals surface area contributed by atoms with Crippen LogP contribution in [0.4, 0.5) is 11.4 Å². The first kappa shape index (κ1) is 10.9. The molecule has 1 aromatic rings. The van der Waals surface area contributed by atoms with Gasteiger partial charge in [0.25, 0.3) is 0 Å². The number of hydrogen-bond donors (Lipinski definition) is 1. The Balaban J connectivity index is 3.00. The van der Waals surface area contributed by atoms with Gasteiger partial charge in [-0.25, -0.2) is 0 Å². The summed E-state index contributed by atoms with van der Waals surface area (Å²) >= 11 is 0. The van der Waals surface area contributed by atoms with Crippen molar-refractivity contribution in [3.05, 3.63) is 23.8 Å². The third-order valence-electron chi connectivity index (χ3n) is 2.56. The first-order valence-corrected chi connectivity index (χ1v) is 5.19. The molecule has 0 saturated carbocycles. The number of hydrogen-bond acceptors (Lipinski definition) is 2. The van der Waals surface area contributed by atoms with E-state index in [1.165, 1.54) is 5.69 Å². The van der Waals surface area contributed by atoms with Crippen molar-refractivity contribution in [2.75, 3.05) is 17.2 Å². The monoisotopic (exact) mass is 192 g/mol. The summed E-state index contributed by atoms with van der Waals surface area (Å²) in [4.78, 5) is 2.33. The fourth-order valence-electron chi connectivity index (χ4n) is 1.65.